The topological polar surface area (TPSA) is 50.4 Å². The Morgan fingerprint density at radius 2 is 1.81 bits per heavy atom. The van der Waals surface area contributed by atoms with Crippen LogP contribution in [0.25, 0.3) is 0 Å². The Morgan fingerprint density at radius 1 is 1.19 bits per heavy atom. The largest absolute Gasteiger partial charge is 0.497 e. The molecule has 1 aromatic carbocycles. The van der Waals surface area contributed by atoms with Gasteiger partial charge >= 0.3 is 12.2 Å². The number of nitrogens with one attached hydrogen (secondary N) is 2. The number of methoxy groups -OCH3 is 1. The van der Waals surface area contributed by atoms with E-state index in [4.69, 9.17) is 39.5 Å². The molecule has 0 bridgehead atoms. The monoisotopic (exact) mass is 362 g/mol. The summed E-state index contributed by atoms with van der Waals surface area (Å²) in [7, 11) is 1.20. The molecule has 21 heavy (non-hydrogen) atoms. The number of hydrogen-bond acceptors (Lipinski definition) is 2. The average molecular weight is 364 g/mol. The van der Waals surface area contributed by atoms with Crippen molar-refractivity contribution in [1.82, 2.24) is 5.32 Å². The van der Waals surface area contributed by atoms with Crippen molar-refractivity contribution in [3.63, 3.8) is 0 Å². The minimum Gasteiger partial charge on any atom is -0.497 e. The van der Waals surface area contributed by atoms with E-state index >= 15 is 0 Å². The van der Waals surface area contributed by atoms with Gasteiger partial charge in [0.2, 0.25) is 0 Å². The first kappa shape index (κ1) is 17.7. The van der Waals surface area contributed by atoms with Gasteiger partial charge in [0, 0.05) is 11.8 Å². The Balaban J connectivity index is 2.98. The third-order valence-electron chi connectivity index (χ3n) is 2.12. The normalized spacial score (nSPS) is 10.8. The van der Waals surface area contributed by atoms with Gasteiger partial charge in [-0.3, -0.25) is 5.32 Å². The molecule has 0 spiro atoms. The van der Waals surface area contributed by atoms with Crippen LogP contribution < -0.4 is 15.4 Å². The van der Waals surface area contributed by atoms with Gasteiger partial charge in [0.15, 0.2) is 0 Å². The molecule has 0 aromatic heterocycles. The van der Waals surface area contributed by atoms with Crippen molar-refractivity contribution >= 4 is 46.5 Å². The predicted molar refractivity (Wildman–Crippen MR) is 74.7 cm³/mol. The van der Waals surface area contributed by atoms with E-state index in [1.54, 1.807) is 0 Å². The highest BCUT2D eigenvalue weighted by Crippen LogP contribution is 2.34. The van der Waals surface area contributed by atoms with Gasteiger partial charge in [-0.15, -0.1) is 0 Å². The Kier molecular flexibility index (Phi) is 6.00. The summed E-state index contributed by atoms with van der Waals surface area (Å²) in [5.74, 6) is -0.0721. The van der Waals surface area contributed by atoms with Crippen molar-refractivity contribution in [2.24, 2.45) is 0 Å². The highest BCUT2D eigenvalue weighted by Gasteiger charge is 2.31. The van der Waals surface area contributed by atoms with Gasteiger partial charge in [0.05, 0.1) is 12.7 Å². The first-order chi connectivity index (χ1) is 9.63. The Labute approximate surface area is 132 Å². The van der Waals surface area contributed by atoms with Gasteiger partial charge in [0.25, 0.3) is 0 Å². The lowest BCUT2D eigenvalue weighted by Crippen LogP contribution is -2.26. The lowest BCUT2D eigenvalue weighted by Gasteiger charge is -2.12. The van der Waals surface area contributed by atoms with E-state index in [1.165, 1.54) is 13.2 Å². The highest BCUT2D eigenvalue weighted by molar-refractivity contribution is 6.59. The van der Waals surface area contributed by atoms with Crippen LogP contribution >= 0.6 is 34.8 Å². The van der Waals surface area contributed by atoms with Gasteiger partial charge < -0.3 is 10.1 Å². The average Bonchev–Trinajstić information content (AvgIpc) is 2.36. The van der Waals surface area contributed by atoms with Gasteiger partial charge in [-0.1, -0.05) is 34.8 Å². The van der Waals surface area contributed by atoms with E-state index in [0.29, 0.717) is 0 Å². The van der Waals surface area contributed by atoms with Gasteiger partial charge in [-0.05, 0) is 12.1 Å². The van der Waals surface area contributed by atoms with Gasteiger partial charge in [0.1, 0.15) is 15.4 Å². The van der Waals surface area contributed by atoms with Crippen molar-refractivity contribution in [1.29, 1.82) is 0 Å². The fourth-order valence-corrected chi connectivity index (χ4v) is 1.44. The minimum atomic E-state index is -4.58. The summed E-state index contributed by atoms with van der Waals surface area (Å²) in [6.45, 7) is 0. The molecule has 0 aliphatic heterocycles. The van der Waals surface area contributed by atoms with Crippen LogP contribution in [0.3, 0.4) is 0 Å². The number of carbonyl (C=O) groups excluding carboxylic acids is 1. The van der Waals surface area contributed by atoms with Crippen LogP contribution in [0.5, 0.6) is 5.75 Å². The molecule has 10 heteroatoms. The van der Waals surface area contributed by atoms with Crippen LogP contribution in [0, 0.1) is 0 Å². The number of carbonyl (C=O) groups is 1. The maximum Gasteiger partial charge on any atom is 0.416 e. The van der Waals surface area contributed by atoms with Gasteiger partial charge in [-0.2, -0.15) is 13.2 Å². The molecule has 116 valence electrons. The zero-order valence-corrected chi connectivity index (χ0v) is 12.6. The van der Waals surface area contributed by atoms with Crippen LogP contribution in [0.15, 0.2) is 27.8 Å². The maximum absolute atomic E-state index is 12.7. The number of benzene rings is 1. The molecule has 0 saturated heterocycles. The van der Waals surface area contributed by atoms with Crippen LogP contribution in [0.2, 0.25) is 0 Å². The Hall–Kier alpha value is -1.31. The lowest BCUT2D eigenvalue weighted by atomic mass is 10.2. The van der Waals surface area contributed by atoms with E-state index in [9.17, 15) is 18.0 Å². The smallest absolute Gasteiger partial charge is 0.416 e. The lowest BCUT2D eigenvalue weighted by molar-refractivity contribution is -0.137. The molecule has 0 heterocycles. The van der Waals surface area contributed by atoms with Gasteiger partial charge in [-0.25, -0.2) is 4.79 Å². The van der Waals surface area contributed by atoms with Crippen LogP contribution in [-0.2, 0) is 6.18 Å². The van der Waals surface area contributed by atoms with Crippen molar-refractivity contribution in [2.45, 2.75) is 6.18 Å². The fourth-order valence-electron chi connectivity index (χ4n) is 1.26. The minimum absolute atomic E-state index is 0.0721. The SMILES string of the molecule is COc1cc(NC(=O)NC(Cl)=C(Cl)Cl)cc(C(F)(F)F)c1. The number of amides is 2. The molecule has 1 aromatic rings. The molecule has 0 fully saturated rings. The third kappa shape index (κ3) is 5.53. The molecule has 1 rings (SSSR count). The first-order valence-electron chi connectivity index (χ1n) is 5.18. The summed E-state index contributed by atoms with van der Waals surface area (Å²) in [6.07, 6.45) is -4.58. The molecule has 2 amide bonds. The molecular weight excluding hydrogens is 355 g/mol. The maximum atomic E-state index is 12.7. The first-order valence-corrected chi connectivity index (χ1v) is 6.32. The summed E-state index contributed by atoms with van der Waals surface area (Å²) < 4.78 is 42.4. The zero-order valence-electron chi connectivity index (χ0n) is 10.3. The molecular formula is C11H8Cl3F3N2O2. The third-order valence-corrected chi connectivity index (χ3v) is 2.97. The number of alkyl halides is 3. The van der Waals surface area contributed by atoms with Crippen molar-refractivity contribution in [2.75, 3.05) is 12.4 Å². The van der Waals surface area contributed by atoms with Crippen LogP contribution in [-0.4, -0.2) is 13.1 Å². The quantitative estimate of drug-likeness (QED) is 0.766. The van der Waals surface area contributed by atoms with Crippen molar-refractivity contribution in [3.8, 4) is 5.75 Å². The molecule has 0 saturated carbocycles. The highest BCUT2D eigenvalue weighted by atomic mass is 35.5. The summed E-state index contributed by atoms with van der Waals surface area (Å²) in [5.41, 5.74) is -1.12. The molecule has 4 nitrogen and oxygen atoms in total. The number of anilines is 1. The second-order valence-corrected chi connectivity index (χ2v) is 4.93. The van der Waals surface area contributed by atoms with E-state index in [1.807, 2.05) is 5.32 Å². The standard InChI is InChI=1S/C11H8Cl3F3N2O2/c1-21-7-3-5(11(15,16)17)2-6(4-7)18-10(20)19-9(14)8(12)13/h2-4H,1H3,(H2,18,19,20). The summed E-state index contributed by atoms with van der Waals surface area (Å²) in [6, 6.07) is 1.82. The molecule has 0 aliphatic rings. The van der Waals surface area contributed by atoms with E-state index in [-0.39, 0.29) is 16.6 Å². The van der Waals surface area contributed by atoms with E-state index < -0.39 is 22.3 Å². The Morgan fingerprint density at radius 3 is 2.29 bits per heavy atom. The summed E-state index contributed by atoms with van der Waals surface area (Å²) >= 11 is 16.1. The molecule has 0 aliphatic carbocycles. The van der Waals surface area contributed by atoms with Crippen molar-refractivity contribution in [3.05, 3.63) is 33.4 Å². The molecule has 0 atom stereocenters. The number of ether oxygens (including phenoxy) is 1. The number of rotatable bonds is 3. The second kappa shape index (κ2) is 7.11. The number of halogens is 6. The second-order valence-electron chi connectivity index (χ2n) is 3.60. The molecule has 0 radical (unpaired) electrons. The van der Waals surface area contributed by atoms with Crippen molar-refractivity contribution < 1.29 is 22.7 Å². The molecule has 0 unspecified atom stereocenters. The van der Waals surface area contributed by atoms with E-state index in [0.717, 1.165) is 12.1 Å². The summed E-state index contributed by atoms with van der Waals surface area (Å²) in [5, 5.41) is 3.82. The summed E-state index contributed by atoms with van der Waals surface area (Å²) in [4.78, 5) is 11.5. The number of hydrogen-bond donors (Lipinski definition) is 2. The fraction of sp³-hybridized carbons (Fsp3) is 0.182. The van der Waals surface area contributed by atoms with Crippen LogP contribution in [0.4, 0.5) is 23.7 Å². The van der Waals surface area contributed by atoms with Crippen LogP contribution in [0.1, 0.15) is 5.56 Å². The predicted octanol–water partition coefficient (Wildman–Crippen LogP) is 4.68. The Bertz CT molecular complexity index is 572. The molecule has 2 N–H and O–H groups in total. The number of urea groups is 1. The zero-order chi connectivity index (χ0) is 16.2. The van der Waals surface area contributed by atoms with E-state index in [2.05, 4.69) is 5.32 Å².